The van der Waals surface area contributed by atoms with E-state index in [9.17, 15) is 0 Å². The molecule has 0 rings (SSSR count). The SMILES string of the molecule is CC[C@H](C)[C@H](C[C@@H](C)N)C(C)C. The molecule has 0 aromatic heterocycles. The molecular formula is C11H25N. The summed E-state index contributed by atoms with van der Waals surface area (Å²) in [7, 11) is 0. The maximum Gasteiger partial charge on any atom is 0.00133 e. The third-order valence-corrected chi connectivity index (χ3v) is 2.88. The van der Waals surface area contributed by atoms with Crippen LogP contribution in [0.4, 0.5) is 0 Å². The first-order chi connectivity index (χ1) is 5.49. The predicted molar refractivity (Wildman–Crippen MR) is 56.0 cm³/mol. The van der Waals surface area contributed by atoms with Crippen LogP contribution >= 0.6 is 0 Å². The second kappa shape index (κ2) is 5.58. The summed E-state index contributed by atoms with van der Waals surface area (Å²) in [5.41, 5.74) is 5.82. The van der Waals surface area contributed by atoms with E-state index in [1.807, 2.05) is 0 Å². The Balaban J connectivity index is 4.03. The molecule has 0 aliphatic rings. The first-order valence-corrected chi connectivity index (χ1v) is 5.24. The van der Waals surface area contributed by atoms with E-state index in [4.69, 9.17) is 5.73 Å². The fraction of sp³-hybridized carbons (Fsp3) is 1.00. The lowest BCUT2D eigenvalue weighted by molar-refractivity contribution is 0.235. The lowest BCUT2D eigenvalue weighted by atomic mass is 9.79. The van der Waals surface area contributed by atoms with Gasteiger partial charge in [-0.2, -0.15) is 0 Å². The van der Waals surface area contributed by atoms with Crippen molar-refractivity contribution in [2.24, 2.45) is 23.5 Å². The molecule has 0 aliphatic heterocycles. The van der Waals surface area contributed by atoms with E-state index in [1.165, 1.54) is 12.8 Å². The third-order valence-electron chi connectivity index (χ3n) is 2.88. The lowest BCUT2D eigenvalue weighted by Gasteiger charge is -2.28. The highest BCUT2D eigenvalue weighted by Crippen LogP contribution is 2.27. The van der Waals surface area contributed by atoms with E-state index in [0.29, 0.717) is 6.04 Å². The summed E-state index contributed by atoms with van der Waals surface area (Å²) in [4.78, 5) is 0. The number of hydrogen-bond donors (Lipinski definition) is 1. The molecule has 0 aromatic rings. The first kappa shape index (κ1) is 12.0. The van der Waals surface area contributed by atoms with Crippen molar-refractivity contribution >= 4 is 0 Å². The van der Waals surface area contributed by atoms with Crippen molar-refractivity contribution < 1.29 is 0 Å². The van der Waals surface area contributed by atoms with Gasteiger partial charge >= 0.3 is 0 Å². The van der Waals surface area contributed by atoms with Crippen molar-refractivity contribution in [3.05, 3.63) is 0 Å². The van der Waals surface area contributed by atoms with Gasteiger partial charge in [-0.3, -0.25) is 0 Å². The topological polar surface area (TPSA) is 26.0 Å². The fourth-order valence-corrected chi connectivity index (χ4v) is 1.89. The summed E-state index contributed by atoms with van der Waals surface area (Å²) in [6.07, 6.45) is 2.45. The molecule has 0 heterocycles. The van der Waals surface area contributed by atoms with Gasteiger partial charge in [0.05, 0.1) is 0 Å². The van der Waals surface area contributed by atoms with Gasteiger partial charge < -0.3 is 5.73 Å². The highest BCUT2D eigenvalue weighted by molar-refractivity contribution is 4.72. The average Bonchev–Trinajstić information content (AvgIpc) is 1.98. The third kappa shape index (κ3) is 4.10. The maximum absolute atomic E-state index is 5.82. The highest BCUT2D eigenvalue weighted by Gasteiger charge is 2.20. The van der Waals surface area contributed by atoms with Crippen LogP contribution in [0.1, 0.15) is 47.5 Å². The minimum atomic E-state index is 0.353. The zero-order chi connectivity index (χ0) is 9.72. The monoisotopic (exact) mass is 171 g/mol. The Bertz CT molecular complexity index is 108. The van der Waals surface area contributed by atoms with Crippen LogP contribution in [0.5, 0.6) is 0 Å². The standard InChI is InChI=1S/C11H25N/c1-6-9(4)11(8(2)3)7-10(5)12/h8-11H,6-7,12H2,1-5H3/t9-,10+,11+/m0/s1. The van der Waals surface area contributed by atoms with E-state index >= 15 is 0 Å². The summed E-state index contributed by atoms with van der Waals surface area (Å²) in [5.74, 6) is 2.39. The molecule has 2 N–H and O–H groups in total. The molecule has 0 spiro atoms. The highest BCUT2D eigenvalue weighted by atomic mass is 14.6. The Morgan fingerprint density at radius 3 is 1.83 bits per heavy atom. The molecule has 0 radical (unpaired) electrons. The normalized spacial score (nSPS) is 19.2. The van der Waals surface area contributed by atoms with E-state index in [2.05, 4.69) is 34.6 Å². The van der Waals surface area contributed by atoms with Gasteiger partial charge in [0.1, 0.15) is 0 Å². The second-order valence-electron chi connectivity index (χ2n) is 4.51. The van der Waals surface area contributed by atoms with Gasteiger partial charge in [0.2, 0.25) is 0 Å². The van der Waals surface area contributed by atoms with Gasteiger partial charge in [-0.15, -0.1) is 0 Å². The van der Waals surface area contributed by atoms with Crippen molar-refractivity contribution in [3.8, 4) is 0 Å². The largest absolute Gasteiger partial charge is 0.328 e. The molecule has 0 unspecified atom stereocenters. The van der Waals surface area contributed by atoms with Gasteiger partial charge in [0.15, 0.2) is 0 Å². The summed E-state index contributed by atoms with van der Waals surface area (Å²) in [5, 5.41) is 0. The Morgan fingerprint density at radius 2 is 1.58 bits per heavy atom. The Labute approximate surface area is 77.7 Å². The van der Waals surface area contributed by atoms with Crippen molar-refractivity contribution in [2.75, 3.05) is 0 Å². The van der Waals surface area contributed by atoms with E-state index in [-0.39, 0.29) is 0 Å². The molecule has 0 saturated heterocycles. The van der Waals surface area contributed by atoms with Gasteiger partial charge in [-0.05, 0) is 31.1 Å². The molecule has 74 valence electrons. The Kier molecular flexibility index (Phi) is 5.56. The first-order valence-electron chi connectivity index (χ1n) is 5.24. The van der Waals surface area contributed by atoms with Crippen molar-refractivity contribution in [1.29, 1.82) is 0 Å². The molecule has 12 heavy (non-hydrogen) atoms. The molecule has 0 aliphatic carbocycles. The molecule has 0 fully saturated rings. The summed E-state index contributed by atoms with van der Waals surface area (Å²) in [6, 6.07) is 0.353. The van der Waals surface area contributed by atoms with Crippen LogP contribution in [0.25, 0.3) is 0 Å². The van der Waals surface area contributed by atoms with E-state index in [1.54, 1.807) is 0 Å². The van der Waals surface area contributed by atoms with Gasteiger partial charge in [0, 0.05) is 6.04 Å². The van der Waals surface area contributed by atoms with Gasteiger partial charge in [0.25, 0.3) is 0 Å². The minimum absolute atomic E-state index is 0.353. The molecule has 0 saturated carbocycles. The van der Waals surface area contributed by atoms with Crippen LogP contribution in [0.15, 0.2) is 0 Å². The maximum atomic E-state index is 5.82. The van der Waals surface area contributed by atoms with Crippen LogP contribution in [0, 0.1) is 17.8 Å². The number of rotatable bonds is 5. The molecular weight excluding hydrogens is 146 g/mol. The van der Waals surface area contributed by atoms with Gasteiger partial charge in [-0.1, -0.05) is 34.1 Å². The molecule has 3 atom stereocenters. The zero-order valence-corrected chi connectivity index (χ0v) is 9.30. The molecule has 1 heteroatoms. The minimum Gasteiger partial charge on any atom is -0.328 e. The predicted octanol–water partition coefficient (Wildman–Crippen LogP) is 3.04. The van der Waals surface area contributed by atoms with Crippen molar-refractivity contribution in [3.63, 3.8) is 0 Å². The van der Waals surface area contributed by atoms with Crippen molar-refractivity contribution in [1.82, 2.24) is 0 Å². The van der Waals surface area contributed by atoms with E-state index in [0.717, 1.165) is 17.8 Å². The molecule has 0 aromatic carbocycles. The van der Waals surface area contributed by atoms with Crippen LogP contribution < -0.4 is 5.73 Å². The second-order valence-corrected chi connectivity index (χ2v) is 4.51. The molecule has 0 bridgehead atoms. The van der Waals surface area contributed by atoms with E-state index < -0.39 is 0 Å². The van der Waals surface area contributed by atoms with Crippen molar-refractivity contribution in [2.45, 2.75) is 53.5 Å². The quantitative estimate of drug-likeness (QED) is 0.676. The van der Waals surface area contributed by atoms with Crippen LogP contribution in [-0.2, 0) is 0 Å². The zero-order valence-electron chi connectivity index (χ0n) is 9.30. The Morgan fingerprint density at radius 1 is 1.08 bits per heavy atom. The van der Waals surface area contributed by atoms with Crippen LogP contribution in [0.2, 0.25) is 0 Å². The lowest BCUT2D eigenvalue weighted by Crippen LogP contribution is -2.26. The number of hydrogen-bond acceptors (Lipinski definition) is 1. The smallest absolute Gasteiger partial charge is 0.00133 e. The number of nitrogens with two attached hydrogens (primary N) is 1. The Hall–Kier alpha value is -0.0400. The van der Waals surface area contributed by atoms with Gasteiger partial charge in [-0.25, -0.2) is 0 Å². The molecule has 0 amide bonds. The summed E-state index contributed by atoms with van der Waals surface area (Å²) >= 11 is 0. The average molecular weight is 171 g/mol. The summed E-state index contributed by atoms with van der Waals surface area (Å²) in [6.45, 7) is 11.3. The summed E-state index contributed by atoms with van der Waals surface area (Å²) < 4.78 is 0. The van der Waals surface area contributed by atoms with Crippen LogP contribution in [0.3, 0.4) is 0 Å². The van der Waals surface area contributed by atoms with Crippen LogP contribution in [-0.4, -0.2) is 6.04 Å². The fourth-order valence-electron chi connectivity index (χ4n) is 1.89. The molecule has 1 nitrogen and oxygen atoms in total.